The lowest BCUT2D eigenvalue weighted by atomic mass is 10.1. The molecule has 1 aliphatic heterocycles. The summed E-state index contributed by atoms with van der Waals surface area (Å²) >= 11 is 6.19. The SMILES string of the molecule is COc1cc(/C=C2\C=C(c3ccccc3)OC2=O)ccc1OCc1ccccc1Cl. The van der Waals surface area contributed by atoms with Gasteiger partial charge in [-0.25, -0.2) is 4.79 Å². The summed E-state index contributed by atoms with van der Waals surface area (Å²) in [5.74, 6) is 1.31. The van der Waals surface area contributed by atoms with Crippen molar-refractivity contribution >= 4 is 29.4 Å². The van der Waals surface area contributed by atoms with Gasteiger partial charge in [-0.1, -0.05) is 66.2 Å². The van der Waals surface area contributed by atoms with E-state index in [2.05, 4.69) is 0 Å². The molecule has 0 amide bonds. The first-order chi connectivity index (χ1) is 14.6. The zero-order valence-electron chi connectivity index (χ0n) is 16.3. The van der Waals surface area contributed by atoms with Gasteiger partial charge < -0.3 is 14.2 Å². The Morgan fingerprint density at radius 3 is 2.50 bits per heavy atom. The van der Waals surface area contributed by atoms with Gasteiger partial charge in [-0.05, 0) is 35.9 Å². The van der Waals surface area contributed by atoms with Crippen molar-refractivity contribution in [3.8, 4) is 11.5 Å². The molecule has 4 nitrogen and oxygen atoms in total. The molecule has 5 heteroatoms. The maximum atomic E-state index is 12.3. The average Bonchev–Trinajstić information content (AvgIpc) is 3.14. The number of ether oxygens (including phenoxy) is 3. The van der Waals surface area contributed by atoms with Gasteiger partial charge >= 0.3 is 5.97 Å². The molecule has 0 N–H and O–H groups in total. The molecule has 0 fully saturated rings. The summed E-state index contributed by atoms with van der Waals surface area (Å²) in [7, 11) is 1.58. The van der Waals surface area contributed by atoms with Crippen molar-refractivity contribution in [3.05, 3.63) is 106 Å². The highest BCUT2D eigenvalue weighted by Crippen LogP contribution is 2.32. The molecule has 0 spiro atoms. The maximum Gasteiger partial charge on any atom is 0.343 e. The molecule has 0 radical (unpaired) electrons. The number of halogens is 1. The molecule has 0 saturated carbocycles. The van der Waals surface area contributed by atoms with E-state index in [1.54, 1.807) is 19.3 Å². The third-order valence-electron chi connectivity index (χ3n) is 4.63. The lowest BCUT2D eigenvalue weighted by Gasteiger charge is -2.12. The third-order valence-corrected chi connectivity index (χ3v) is 5.00. The minimum Gasteiger partial charge on any atom is -0.493 e. The smallest absolute Gasteiger partial charge is 0.343 e. The first-order valence-electron chi connectivity index (χ1n) is 9.39. The predicted octanol–water partition coefficient (Wildman–Crippen LogP) is 5.91. The van der Waals surface area contributed by atoms with Crippen LogP contribution in [-0.2, 0) is 16.1 Å². The Morgan fingerprint density at radius 1 is 0.967 bits per heavy atom. The molecule has 1 heterocycles. The van der Waals surface area contributed by atoms with E-state index in [0.717, 1.165) is 16.7 Å². The number of cyclic esters (lactones) is 1. The Bertz CT molecular complexity index is 1130. The topological polar surface area (TPSA) is 44.8 Å². The Labute approximate surface area is 180 Å². The molecule has 0 aromatic heterocycles. The normalized spacial score (nSPS) is 14.4. The standard InChI is InChI=1S/C25H19ClO4/c1-28-24-14-17(11-12-22(24)29-16-19-9-5-6-10-21(19)26)13-20-15-23(30-25(20)27)18-7-3-2-4-8-18/h2-15H,16H2,1H3/b20-13+. The van der Waals surface area contributed by atoms with Crippen molar-refractivity contribution in [2.24, 2.45) is 0 Å². The molecular weight excluding hydrogens is 400 g/mol. The summed E-state index contributed by atoms with van der Waals surface area (Å²) in [5, 5.41) is 0.651. The van der Waals surface area contributed by atoms with E-state index >= 15 is 0 Å². The van der Waals surface area contributed by atoms with Gasteiger partial charge in [-0.15, -0.1) is 0 Å². The van der Waals surface area contributed by atoms with Gasteiger partial charge in [0.2, 0.25) is 0 Å². The first kappa shape index (κ1) is 19.8. The molecule has 0 bridgehead atoms. The molecule has 0 atom stereocenters. The summed E-state index contributed by atoms with van der Waals surface area (Å²) in [5.41, 5.74) is 3.02. The second-order valence-corrected chi connectivity index (χ2v) is 7.06. The molecule has 0 saturated heterocycles. The number of carbonyl (C=O) groups is 1. The van der Waals surface area contributed by atoms with Crippen LogP contribution < -0.4 is 9.47 Å². The number of methoxy groups -OCH3 is 1. The van der Waals surface area contributed by atoms with Crippen molar-refractivity contribution in [2.45, 2.75) is 6.61 Å². The summed E-state index contributed by atoms with van der Waals surface area (Å²) in [6.45, 7) is 0.325. The van der Waals surface area contributed by atoms with E-state index in [-0.39, 0.29) is 5.97 Å². The van der Waals surface area contributed by atoms with Gasteiger partial charge in [-0.3, -0.25) is 0 Å². The fraction of sp³-hybridized carbons (Fsp3) is 0.0800. The average molecular weight is 419 g/mol. The molecule has 1 aliphatic rings. The van der Waals surface area contributed by atoms with E-state index in [4.69, 9.17) is 25.8 Å². The second kappa shape index (κ2) is 8.89. The molecule has 4 rings (SSSR count). The highest BCUT2D eigenvalue weighted by atomic mass is 35.5. The van der Waals surface area contributed by atoms with Crippen LogP contribution in [-0.4, -0.2) is 13.1 Å². The number of rotatable bonds is 6. The van der Waals surface area contributed by atoms with Crippen LogP contribution in [0.15, 0.2) is 84.4 Å². The molecular formula is C25H19ClO4. The third kappa shape index (κ3) is 4.39. The minimum atomic E-state index is -0.383. The van der Waals surface area contributed by atoms with E-state index in [1.165, 1.54) is 0 Å². The van der Waals surface area contributed by atoms with Crippen LogP contribution in [0, 0.1) is 0 Å². The maximum absolute atomic E-state index is 12.3. The van der Waals surface area contributed by atoms with E-state index in [9.17, 15) is 4.79 Å². The van der Waals surface area contributed by atoms with Crippen LogP contribution in [0.1, 0.15) is 16.7 Å². The largest absolute Gasteiger partial charge is 0.493 e. The van der Waals surface area contributed by atoms with Crippen molar-refractivity contribution in [1.29, 1.82) is 0 Å². The summed E-state index contributed by atoms with van der Waals surface area (Å²) < 4.78 is 16.7. The molecule has 0 aliphatic carbocycles. The van der Waals surface area contributed by atoms with E-state index in [1.807, 2.05) is 72.8 Å². The molecule has 3 aromatic rings. The van der Waals surface area contributed by atoms with Gasteiger partial charge in [-0.2, -0.15) is 0 Å². The Kier molecular flexibility index (Phi) is 5.87. The van der Waals surface area contributed by atoms with Crippen LogP contribution in [0.2, 0.25) is 5.02 Å². The Morgan fingerprint density at radius 2 is 1.73 bits per heavy atom. The highest BCUT2D eigenvalue weighted by molar-refractivity contribution is 6.31. The van der Waals surface area contributed by atoms with Gasteiger partial charge in [0.1, 0.15) is 12.4 Å². The zero-order valence-corrected chi connectivity index (χ0v) is 17.1. The predicted molar refractivity (Wildman–Crippen MR) is 117 cm³/mol. The first-order valence-corrected chi connectivity index (χ1v) is 9.77. The number of benzene rings is 3. The summed E-state index contributed by atoms with van der Waals surface area (Å²) in [6.07, 6.45) is 3.50. The zero-order chi connectivity index (χ0) is 20.9. The van der Waals surface area contributed by atoms with Crippen molar-refractivity contribution in [2.75, 3.05) is 7.11 Å². The molecule has 30 heavy (non-hydrogen) atoms. The van der Waals surface area contributed by atoms with Crippen LogP contribution in [0.5, 0.6) is 11.5 Å². The van der Waals surface area contributed by atoms with E-state index in [0.29, 0.717) is 34.5 Å². The lowest BCUT2D eigenvalue weighted by Crippen LogP contribution is -1.99. The number of esters is 1. The number of carbonyl (C=O) groups excluding carboxylic acids is 1. The molecule has 150 valence electrons. The monoisotopic (exact) mass is 418 g/mol. The highest BCUT2D eigenvalue weighted by Gasteiger charge is 2.22. The fourth-order valence-corrected chi connectivity index (χ4v) is 3.27. The van der Waals surface area contributed by atoms with Crippen LogP contribution >= 0.6 is 11.6 Å². The van der Waals surface area contributed by atoms with Gasteiger partial charge in [0.25, 0.3) is 0 Å². The van der Waals surface area contributed by atoms with Crippen molar-refractivity contribution in [1.82, 2.24) is 0 Å². The van der Waals surface area contributed by atoms with Crippen LogP contribution in [0.3, 0.4) is 0 Å². The van der Waals surface area contributed by atoms with Gasteiger partial charge in [0.15, 0.2) is 11.5 Å². The van der Waals surface area contributed by atoms with Crippen molar-refractivity contribution < 1.29 is 19.0 Å². The lowest BCUT2D eigenvalue weighted by molar-refractivity contribution is -0.130. The summed E-state index contributed by atoms with van der Waals surface area (Å²) in [4.78, 5) is 12.3. The Hall–Kier alpha value is -3.50. The number of hydrogen-bond donors (Lipinski definition) is 0. The van der Waals surface area contributed by atoms with Crippen molar-refractivity contribution in [3.63, 3.8) is 0 Å². The van der Waals surface area contributed by atoms with Crippen LogP contribution in [0.4, 0.5) is 0 Å². The quantitative estimate of drug-likeness (QED) is 0.369. The van der Waals surface area contributed by atoms with Gasteiger partial charge in [0.05, 0.1) is 12.7 Å². The molecule has 0 unspecified atom stereocenters. The van der Waals surface area contributed by atoms with Gasteiger partial charge in [0, 0.05) is 16.1 Å². The minimum absolute atomic E-state index is 0.325. The van der Waals surface area contributed by atoms with E-state index < -0.39 is 0 Å². The second-order valence-electron chi connectivity index (χ2n) is 6.65. The molecule has 3 aromatic carbocycles. The fourth-order valence-electron chi connectivity index (χ4n) is 3.08. The number of hydrogen-bond acceptors (Lipinski definition) is 4. The van der Waals surface area contributed by atoms with Crippen LogP contribution in [0.25, 0.3) is 11.8 Å². The Balaban J connectivity index is 1.55. The summed E-state index contributed by atoms with van der Waals surface area (Å²) in [6, 6.07) is 22.5.